The number of carbonyl (C=O) groups excluding carboxylic acids is 1. The Labute approximate surface area is 178 Å². The summed E-state index contributed by atoms with van der Waals surface area (Å²) in [7, 11) is 0. The number of halogens is 1. The van der Waals surface area contributed by atoms with E-state index in [2.05, 4.69) is 4.90 Å². The van der Waals surface area contributed by atoms with Crippen LogP contribution in [0.5, 0.6) is 0 Å². The molecule has 0 amide bonds. The molecule has 5 rings (SSSR count). The maximum Gasteiger partial charge on any atom is 0.192 e. The van der Waals surface area contributed by atoms with Crippen LogP contribution in [0.2, 0.25) is 0 Å². The normalized spacial score (nSPS) is 16.9. The first kappa shape index (κ1) is 19.6. The van der Waals surface area contributed by atoms with Crippen molar-refractivity contribution < 1.29 is 13.6 Å². The highest BCUT2D eigenvalue weighted by molar-refractivity contribution is 6.02. The number of hydrogen-bond donors (Lipinski definition) is 0. The van der Waals surface area contributed by atoms with Crippen LogP contribution in [0.4, 0.5) is 4.39 Å². The monoisotopic (exact) mass is 415 g/mol. The summed E-state index contributed by atoms with van der Waals surface area (Å²) < 4.78 is 19.5. The van der Waals surface area contributed by atoms with Crippen LogP contribution in [0, 0.1) is 5.82 Å². The van der Waals surface area contributed by atoms with Gasteiger partial charge in [0.2, 0.25) is 0 Å². The van der Waals surface area contributed by atoms with Gasteiger partial charge in [-0.1, -0.05) is 30.3 Å². The van der Waals surface area contributed by atoms with Gasteiger partial charge in [-0.05, 0) is 53.6 Å². The Kier molecular flexibility index (Phi) is 5.12. The van der Waals surface area contributed by atoms with Crippen molar-refractivity contribution in [3.8, 4) is 0 Å². The molecule has 156 valence electrons. The largest absolute Gasteiger partial charge is 0.464 e. The van der Waals surface area contributed by atoms with E-state index in [0.29, 0.717) is 29.5 Å². The summed E-state index contributed by atoms with van der Waals surface area (Å²) in [5, 5.41) is 2.28. The molecule has 0 radical (unpaired) electrons. The zero-order valence-electron chi connectivity index (χ0n) is 17.0. The average Bonchev–Trinajstić information content (AvgIpc) is 3.25. The van der Waals surface area contributed by atoms with Gasteiger partial charge in [-0.2, -0.15) is 0 Å². The van der Waals surface area contributed by atoms with Crippen LogP contribution in [0.25, 0.3) is 21.7 Å². The lowest BCUT2D eigenvalue weighted by atomic mass is 9.98. The van der Waals surface area contributed by atoms with Crippen molar-refractivity contribution in [1.29, 1.82) is 0 Å². The van der Waals surface area contributed by atoms with E-state index in [0.717, 1.165) is 35.8 Å². The van der Waals surface area contributed by atoms with Crippen molar-refractivity contribution in [3.05, 3.63) is 94.1 Å². The van der Waals surface area contributed by atoms with Crippen LogP contribution >= 0.6 is 0 Å². The molecule has 1 saturated heterocycles. The number of ketones is 1. The molecule has 5 heteroatoms. The summed E-state index contributed by atoms with van der Waals surface area (Å²) in [4.78, 5) is 27.1. The van der Waals surface area contributed by atoms with Crippen LogP contribution < -0.4 is 5.43 Å². The summed E-state index contributed by atoms with van der Waals surface area (Å²) in [6, 6.07) is 17.5. The van der Waals surface area contributed by atoms with E-state index in [1.54, 1.807) is 12.1 Å². The van der Waals surface area contributed by atoms with Crippen molar-refractivity contribution in [2.24, 2.45) is 0 Å². The Morgan fingerprint density at radius 1 is 1.06 bits per heavy atom. The topological polar surface area (TPSA) is 50.5 Å². The summed E-state index contributed by atoms with van der Waals surface area (Å²) in [6.07, 6.45) is 2.70. The second kappa shape index (κ2) is 8.08. The van der Waals surface area contributed by atoms with Gasteiger partial charge in [0.1, 0.15) is 11.4 Å². The first-order valence-corrected chi connectivity index (χ1v) is 10.5. The summed E-state index contributed by atoms with van der Waals surface area (Å²) in [6.45, 7) is 2.29. The van der Waals surface area contributed by atoms with Gasteiger partial charge in [-0.25, -0.2) is 4.39 Å². The predicted octanol–water partition coefficient (Wildman–Crippen LogP) is 5.15. The summed E-state index contributed by atoms with van der Waals surface area (Å²) in [5.74, 6) is 0.0940. The third-order valence-electron chi connectivity index (χ3n) is 6.21. The van der Waals surface area contributed by atoms with E-state index < -0.39 is 0 Å². The van der Waals surface area contributed by atoms with Crippen molar-refractivity contribution >= 4 is 27.5 Å². The Balaban J connectivity index is 1.28. The van der Waals surface area contributed by atoms with Gasteiger partial charge in [-0.3, -0.25) is 9.59 Å². The van der Waals surface area contributed by atoms with Crippen molar-refractivity contribution in [2.45, 2.75) is 18.8 Å². The van der Waals surface area contributed by atoms with Gasteiger partial charge in [-0.15, -0.1) is 0 Å². The number of Topliss-reactive ketones (excluding diaryl/α,β-unsaturated/α-hetero) is 1. The molecule has 0 spiro atoms. The lowest BCUT2D eigenvalue weighted by molar-refractivity contribution is 0.0968. The molecule has 1 aliphatic rings. The van der Waals surface area contributed by atoms with E-state index in [9.17, 15) is 14.0 Å². The van der Waals surface area contributed by atoms with Gasteiger partial charge < -0.3 is 9.32 Å². The Morgan fingerprint density at radius 2 is 1.94 bits per heavy atom. The highest BCUT2D eigenvalue weighted by Gasteiger charge is 2.26. The standard InChI is InChI=1S/C26H22FNO3/c27-23-4-2-1-3-21(23)19-7-10-28(16-19)11-8-24(29)18-6-5-17-15-26-22(14-20(17)13-18)25(30)9-12-31-26/h1-6,9,12-15,19H,7-8,10-11,16H2. The van der Waals surface area contributed by atoms with Gasteiger partial charge in [0, 0.05) is 37.1 Å². The van der Waals surface area contributed by atoms with Gasteiger partial charge in [0.25, 0.3) is 0 Å². The second-order valence-electron chi connectivity index (χ2n) is 8.18. The molecule has 1 aromatic heterocycles. The lowest BCUT2D eigenvalue weighted by Gasteiger charge is -2.16. The second-order valence-corrected chi connectivity index (χ2v) is 8.18. The van der Waals surface area contributed by atoms with Gasteiger partial charge in [0.05, 0.1) is 11.6 Å². The third kappa shape index (κ3) is 3.89. The first-order valence-electron chi connectivity index (χ1n) is 10.5. The highest BCUT2D eigenvalue weighted by Crippen LogP contribution is 2.29. The molecule has 1 fully saturated rings. The van der Waals surface area contributed by atoms with Gasteiger partial charge in [0.15, 0.2) is 11.2 Å². The van der Waals surface area contributed by atoms with E-state index >= 15 is 0 Å². The average molecular weight is 415 g/mol. The van der Waals surface area contributed by atoms with E-state index in [1.165, 1.54) is 18.4 Å². The number of benzene rings is 3. The molecule has 1 aliphatic heterocycles. The lowest BCUT2D eigenvalue weighted by Crippen LogP contribution is -2.23. The number of fused-ring (bicyclic) bond motifs is 2. The fourth-order valence-electron chi connectivity index (χ4n) is 4.50. The third-order valence-corrected chi connectivity index (χ3v) is 6.21. The molecule has 2 heterocycles. The molecular formula is C26H22FNO3. The number of carbonyl (C=O) groups is 1. The molecule has 0 saturated carbocycles. The minimum absolute atomic E-state index is 0.0661. The van der Waals surface area contributed by atoms with Crippen LogP contribution in [-0.4, -0.2) is 30.3 Å². The molecule has 0 N–H and O–H groups in total. The Morgan fingerprint density at radius 3 is 2.81 bits per heavy atom. The van der Waals surface area contributed by atoms with Gasteiger partial charge >= 0.3 is 0 Å². The molecule has 1 unspecified atom stereocenters. The maximum atomic E-state index is 14.1. The van der Waals surface area contributed by atoms with Crippen molar-refractivity contribution in [1.82, 2.24) is 4.90 Å². The van der Waals surface area contributed by atoms with E-state index in [4.69, 9.17) is 4.42 Å². The molecule has 0 aliphatic carbocycles. The fourth-order valence-corrected chi connectivity index (χ4v) is 4.50. The summed E-state index contributed by atoms with van der Waals surface area (Å²) in [5.41, 5.74) is 1.84. The Bertz CT molecular complexity index is 1340. The van der Waals surface area contributed by atoms with Crippen LogP contribution in [-0.2, 0) is 0 Å². The van der Waals surface area contributed by atoms with Crippen molar-refractivity contribution in [3.63, 3.8) is 0 Å². The molecule has 0 bridgehead atoms. The van der Waals surface area contributed by atoms with Crippen LogP contribution in [0.1, 0.15) is 34.7 Å². The highest BCUT2D eigenvalue weighted by atomic mass is 19.1. The minimum atomic E-state index is -0.150. The minimum Gasteiger partial charge on any atom is -0.464 e. The smallest absolute Gasteiger partial charge is 0.192 e. The molecule has 4 aromatic rings. The maximum absolute atomic E-state index is 14.1. The Hall–Kier alpha value is -3.31. The molecular weight excluding hydrogens is 393 g/mol. The van der Waals surface area contributed by atoms with Crippen LogP contribution in [0.15, 0.2) is 76.1 Å². The van der Waals surface area contributed by atoms with Crippen LogP contribution in [0.3, 0.4) is 0 Å². The zero-order chi connectivity index (χ0) is 21.4. The number of rotatable bonds is 5. The van der Waals surface area contributed by atoms with Crippen molar-refractivity contribution in [2.75, 3.05) is 19.6 Å². The first-order chi connectivity index (χ1) is 15.1. The number of nitrogens with zero attached hydrogens (tertiary/aromatic N) is 1. The molecule has 1 atom stereocenters. The quantitative estimate of drug-likeness (QED) is 0.334. The fraction of sp³-hybridized carbons (Fsp3) is 0.231. The molecule has 31 heavy (non-hydrogen) atoms. The molecule has 4 nitrogen and oxygen atoms in total. The molecule has 3 aromatic carbocycles. The zero-order valence-corrected chi connectivity index (χ0v) is 17.0. The summed E-state index contributed by atoms with van der Waals surface area (Å²) >= 11 is 0. The SMILES string of the molecule is O=C(CCN1CCC(c2ccccc2F)C1)c1ccc2cc3occc(=O)c3cc2c1. The van der Waals surface area contributed by atoms with E-state index in [-0.39, 0.29) is 22.9 Å². The predicted molar refractivity (Wildman–Crippen MR) is 119 cm³/mol. The van der Waals surface area contributed by atoms with E-state index in [1.807, 2.05) is 36.4 Å². The number of hydrogen-bond acceptors (Lipinski definition) is 4. The number of likely N-dealkylation sites (tertiary alicyclic amines) is 1.